The van der Waals surface area contributed by atoms with Crippen LogP contribution in [0.5, 0.6) is 0 Å². The molecule has 0 radical (unpaired) electrons. The molecule has 0 spiro atoms. The Morgan fingerprint density at radius 1 is 1.24 bits per heavy atom. The summed E-state index contributed by atoms with van der Waals surface area (Å²) in [5.74, 6) is -1.01. The number of aryl methyl sites for hydroxylation is 1. The number of H-pyrrole nitrogens is 1. The second-order valence-electron chi connectivity index (χ2n) is 7.51. The van der Waals surface area contributed by atoms with Crippen molar-refractivity contribution < 1.29 is 13.9 Å². The molecule has 6 heteroatoms. The fourth-order valence-electron chi connectivity index (χ4n) is 3.74. The van der Waals surface area contributed by atoms with Gasteiger partial charge in [-0.25, -0.2) is 4.39 Å². The maximum Gasteiger partial charge on any atom is 0.257 e. The molecule has 1 N–H and O–H groups in total. The van der Waals surface area contributed by atoms with E-state index in [4.69, 9.17) is 4.74 Å². The summed E-state index contributed by atoms with van der Waals surface area (Å²) in [6, 6.07) is 13.5. The molecule has 2 heterocycles. The quantitative estimate of drug-likeness (QED) is 0.716. The normalized spacial score (nSPS) is 16.3. The number of fused-ring (bicyclic) bond motifs is 1. The van der Waals surface area contributed by atoms with Gasteiger partial charge in [0.15, 0.2) is 0 Å². The van der Waals surface area contributed by atoms with Gasteiger partial charge in [-0.1, -0.05) is 24.3 Å². The lowest BCUT2D eigenvalue weighted by Crippen LogP contribution is -2.38. The molecular weight excluding hydrogens is 371 g/mol. The molecule has 0 saturated carbocycles. The van der Waals surface area contributed by atoms with Gasteiger partial charge in [-0.3, -0.25) is 9.59 Å². The topological polar surface area (TPSA) is 62.4 Å². The van der Waals surface area contributed by atoms with Gasteiger partial charge in [-0.15, -0.1) is 0 Å². The number of halogens is 1. The van der Waals surface area contributed by atoms with E-state index in [0.29, 0.717) is 18.7 Å². The van der Waals surface area contributed by atoms with Crippen molar-refractivity contribution in [3.05, 3.63) is 81.4 Å². The van der Waals surface area contributed by atoms with Gasteiger partial charge in [0.25, 0.3) is 11.5 Å². The Kier molecular flexibility index (Phi) is 5.45. The van der Waals surface area contributed by atoms with E-state index in [1.54, 1.807) is 18.2 Å². The molecule has 0 bridgehead atoms. The Bertz CT molecular complexity index is 1100. The number of ether oxygens (including phenoxy) is 1. The van der Waals surface area contributed by atoms with Crippen LogP contribution in [0.15, 0.2) is 53.3 Å². The molecule has 1 saturated heterocycles. The van der Waals surface area contributed by atoms with Crippen molar-refractivity contribution >= 4 is 16.8 Å². The lowest BCUT2D eigenvalue weighted by Gasteiger charge is -2.25. The first kappa shape index (κ1) is 19.3. The lowest BCUT2D eigenvalue weighted by atomic mass is 10.1. The number of hydrogen-bond donors (Lipinski definition) is 1. The smallest absolute Gasteiger partial charge is 0.257 e. The molecule has 1 aliphatic rings. The average molecular weight is 394 g/mol. The summed E-state index contributed by atoms with van der Waals surface area (Å²) in [4.78, 5) is 30.1. The zero-order valence-corrected chi connectivity index (χ0v) is 16.3. The summed E-state index contributed by atoms with van der Waals surface area (Å²) in [5.41, 5.74) is 2.02. The molecule has 5 nitrogen and oxygen atoms in total. The maximum absolute atomic E-state index is 14.2. The molecule has 1 aliphatic heterocycles. The van der Waals surface area contributed by atoms with Crippen LogP contribution in [0.2, 0.25) is 0 Å². The number of aromatic amines is 1. The third kappa shape index (κ3) is 4.22. The second kappa shape index (κ2) is 8.17. The minimum atomic E-state index is -0.572. The first-order chi connectivity index (χ1) is 14.0. The number of hydrogen-bond acceptors (Lipinski definition) is 3. The highest BCUT2D eigenvalue weighted by atomic mass is 19.1. The number of carbonyl (C=O) groups excluding carboxylic acids is 1. The van der Waals surface area contributed by atoms with Gasteiger partial charge in [0.05, 0.1) is 18.2 Å². The highest BCUT2D eigenvalue weighted by molar-refractivity contribution is 5.94. The van der Waals surface area contributed by atoms with E-state index in [-0.39, 0.29) is 23.8 Å². The molecule has 29 heavy (non-hydrogen) atoms. The van der Waals surface area contributed by atoms with Crippen molar-refractivity contribution in [2.45, 2.75) is 32.4 Å². The summed E-state index contributed by atoms with van der Waals surface area (Å²) in [7, 11) is 0. The summed E-state index contributed by atoms with van der Waals surface area (Å²) in [6.07, 6.45) is 1.67. The molecule has 2 aromatic carbocycles. The van der Waals surface area contributed by atoms with E-state index in [1.165, 1.54) is 17.0 Å². The predicted molar refractivity (Wildman–Crippen MR) is 109 cm³/mol. The number of nitrogens with one attached hydrogen (secondary N) is 1. The predicted octanol–water partition coefficient (Wildman–Crippen LogP) is 3.80. The van der Waals surface area contributed by atoms with E-state index < -0.39 is 11.7 Å². The van der Waals surface area contributed by atoms with Crippen LogP contribution >= 0.6 is 0 Å². The van der Waals surface area contributed by atoms with E-state index >= 15 is 0 Å². The zero-order valence-electron chi connectivity index (χ0n) is 16.3. The average Bonchev–Trinajstić information content (AvgIpc) is 3.21. The molecule has 1 unspecified atom stereocenters. The number of benzene rings is 2. The van der Waals surface area contributed by atoms with Crippen LogP contribution < -0.4 is 5.56 Å². The molecule has 1 aromatic heterocycles. The van der Waals surface area contributed by atoms with Crippen LogP contribution in [0.25, 0.3) is 10.9 Å². The second-order valence-corrected chi connectivity index (χ2v) is 7.51. The van der Waals surface area contributed by atoms with Crippen molar-refractivity contribution in [2.75, 3.05) is 13.2 Å². The minimum Gasteiger partial charge on any atom is -0.376 e. The fraction of sp³-hybridized carbons (Fsp3) is 0.304. The summed E-state index contributed by atoms with van der Waals surface area (Å²) in [6.45, 7) is 3.02. The molecule has 1 fully saturated rings. The van der Waals surface area contributed by atoms with Crippen LogP contribution in [0.3, 0.4) is 0 Å². The van der Waals surface area contributed by atoms with Crippen molar-refractivity contribution in [3.8, 4) is 0 Å². The Labute approximate surface area is 168 Å². The van der Waals surface area contributed by atoms with E-state index in [0.717, 1.165) is 29.3 Å². The van der Waals surface area contributed by atoms with Gasteiger partial charge < -0.3 is 14.6 Å². The highest BCUT2D eigenvalue weighted by Gasteiger charge is 2.26. The number of aromatic nitrogens is 1. The van der Waals surface area contributed by atoms with Crippen LogP contribution in [0.4, 0.5) is 4.39 Å². The molecule has 150 valence electrons. The van der Waals surface area contributed by atoms with Gasteiger partial charge >= 0.3 is 0 Å². The SMILES string of the molecule is Cc1ccc2cc(CN(CC3CCCO3)C(=O)c3ccccc3F)c(=O)[nH]c2c1. The van der Waals surface area contributed by atoms with E-state index in [2.05, 4.69) is 4.98 Å². The molecule has 1 atom stereocenters. The van der Waals surface area contributed by atoms with Crippen LogP contribution in [-0.4, -0.2) is 35.0 Å². The Morgan fingerprint density at radius 2 is 2.07 bits per heavy atom. The van der Waals surface area contributed by atoms with Gasteiger partial charge in [0, 0.05) is 24.2 Å². The monoisotopic (exact) mass is 394 g/mol. The Morgan fingerprint density at radius 3 is 2.83 bits per heavy atom. The third-order valence-electron chi connectivity index (χ3n) is 5.28. The highest BCUT2D eigenvalue weighted by Crippen LogP contribution is 2.19. The van der Waals surface area contributed by atoms with Crippen molar-refractivity contribution in [1.82, 2.24) is 9.88 Å². The van der Waals surface area contributed by atoms with Gasteiger partial charge in [0.1, 0.15) is 5.82 Å². The molecule has 1 amide bonds. The van der Waals surface area contributed by atoms with Crippen LogP contribution in [0.1, 0.15) is 34.3 Å². The standard InChI is InChI=1S/C23H23FN2O3/c1-15-8-9-16-12-17(22(27)25-21(16)11-15)13-26(14-18-5-4-10-29-18)23(28)19-6-2-3-7-20(19)24/h2-3,6-9,11-12,18H,4-5,10,13-14H2,1H3,(H,25,27). The molecule has 4 rings (SSSR count). The summed E-state index contributed by atoms with van der Waals surface area (Å²) < 4.78 is 19.9. The number of nitrogens with zero attached hydrogens (tertiary/aromatic N) is 1. The Balaban J connectivity index is 1.68. The van der Waals surface area contributed by atoms with Crippen molar-refractivity contribution in [1.29, 1.82) is 0 Å². The third-order valence-corrected chi connectivity index (χ3v) is 5.28. The minimum absolute atomic E-state index is 0.00154. The van der Waals surface area contributed by atoms with Crippen LogP contribution in [-0.2, 0) is 11.3 Å². The van der Waals surface area contributed by atoms with Gasteiger partial charge in [0.2, 0.25) is 0 Å². The van der Waals surface area contributed by atoms with Crippen LogP contribution in [0, 0.1) is 12.7 Å². The maximum atomic E-state index is 14.2. The lowest BCUT2D eigenvalue weighted by molar-refractivity contribution is 0.0503. The first-order valence-electron chi connectivity index (χ1n) is 9.79. The largest absolute Gasteiger partial charge is 0.376 e. The zero-order chi connectivity index (χ0) is 20.4. The number of amides is 1. The number of pyridine rings is 1. The molecular formula is C23H23FN2O3. The first-order valence-corrected chi connectivity index (χ1v) is 9.79. The van der Waals surface area contributed by atoms with Crippen molar-refractivity contribution in [2.24, 2.45) is 0 Å². The summed E-state index contributed by atoms with van der Waals surface area (Å²) in [5, 5.41) is 0.889. The molecule has 0 aliphatic carbocycles. The Hall–Kier alpha value is -2.99. The van der Waals surface area contributed by atoms with Gasteiger partial charge in [-0.2, -0.15) is 0 Å². The van der Waals surface area contributed by atoms with E-state index in [1.807, 2.05) is 25.1 Å². The van der Waals surface area contributed by atoms with Gasteiger partial charge in [-0.05, 0) is 55.0 Å². The van der Waals surface area contributed by atoms with Crippen molar-refractivity contribution in [3.63, 3.8) is 0 Å². The number of carbonyl (C=O) groups is 1. The number of rotatable bonds is 5. The molecule has 3 aromatic rings. The summed E-state index contributed by atoms with van der Waals surface area (Å²) >= 11 is 0. The fourth-order valence-corrected chi connectivity index (χ4v) is 3.74. The van der Waals surface area contributed by atoms with E-state index in [9.17, 15) is 14.0 Å².